The number of nitrogens with zero attached hydrogens (tertiary/aromatic N) is 1. The molecule has 25 heavy (non-hydrogen) atoms. The van der Waals surface area contributed by atoms with Crippen LogP contribution in [0.4, 0.5) is 11.4 Å². The third kappa shape index (κ3) is 4.45. The molecule has 0 unspecified atom stereocenters. The fraction of sp³-hybridized carbons (Fsp3) is 0.200. The molecule has 0 aliphatic heterocycles. The lowest BCUT2D eigenvalue weighted by Crippen LogP contribution is -2.22. The summed E-state index contributed by atoms with van der Waals surface area (Å²) in [6.45, 7) is 6.28. The Labute approximate surface area is 151 Å². The number of aryl methyl sites for hydroxylation is 3. The predicted molar refractivity (Wildman–Crippen MR) is 105 cm³/mol. The average Bonchev–Trinajstić information content (AvgIpc) is 3.02. The third-order valence-electron chi connectivity index (χ3n) is 3.89. The maximum atomic E-state index is 12.2. The molecular formula is C20H21N3OS. The molecule has 0 fully saturated rings. The minimum absolute atomic E-state index is 0.0764. The lowest BCUT2D eigenvalue weighted by atomic mass is 10.1. The summed E-state index contributed by atoms with van der Waals surface area (Å²) in [6.07, 6.45) is 0. The molecular weight excluding hydrogens is 330 g/mol. The van der Waals surface area contributed by atoms with E-state index in [-0.39, 0.29) is 12.5 Å². The monoisotopic (exact) mass is 351 g/mol. The van der Waals surface area contributed by atoms with Gasteiger partial charge in [0, 0.05) is 22.3 Å². The van der Waals surface area contributed by atoms with E-state index in [1.54, 1.807) is 11.3 Å². The van der Waals surface area contributed by atoms with Crippen LogP contribution in [0.1, 0.15) is 16.1 Å². The van der Waals surface area contributed by atoms with Crippen molar-refractivity contribution < 1.29 is 4.79 Å². The summed E-state index contributed by atoms with van der Waals surface area (Å²) in [5.74, 6) is -0.0764. The Morgan fingerprint density at radius 1 is 1.12 bits per heavy atom. The van der Waals surface area contributed by atoms with E-state index in [9.17, 15) is 4.79 Å². The number of rotatable bonds is 5. The van der Waals surface area contributed by atoms with E-state index in [0.29, 0.717) is 0 Å². The highest BCUT2D eigenvalue weighted by Gasteiger charge is 2.07. The fourth-order valence-electron chi connectivity index (χ4n) is 2.56. The van der Waals surface area contributed by atoms with Crippen LogP contribution in [0.5, 0.6) is 0 Å². The van der Waals surface area contributed by atoms with Gasteiger partial charge in [-0.05, 0) is 50.1 Å². The maximum absolute atomic E-state index is 12.2. The highest BCUT2D eigenvalue weighted by atomic mass is 32.1. The topological polar surface area (TPSA) is 54.0 Å². The van der Waals surface area contributed by atoms with Crippen molar-refractivity contribution in [3.05, 3.63) is 64.0 Å². The van der Waals surface area contributed by atoms with E-state index in [1.807, 2.05) is 56.5 Å². The van der Waals surface area contributed by atoms with Gasteiger partial charge in [-0.2, -0.15) is 0 Å². The lowest BCUT2D eigenvalue weighted by molar-refractivity contribution is -0.114. The normalized spacial score (nSPS) is 10.5. The van der Waals surface area contributed by atoms with E-state index < -0.39 is 0 Å². The molecule has 1 aromatic heterocycles. The summed E-state index contributed by atoms with van der Waals surface area (Å²) in [6, 6.07) is 13.9. The van der Waals surface area contributed by atoms with E-state index in [1.165, 1.54) is 5.56 Å². The van der Waals surface area contributed by atoms with Crippen molar-refractivity contribution in [1.29, 1.82) is 0 Å². The van der Waals surface area contributed by atoms with Crippen LogP contribution in [0.25, 0.3) is 11.3 Å². The second kappa shape index (κ2) is 7.49. The van der Waals surface area contributed by atoms with Crippen LogP contribution in [0.15, 0.2) is 47.8 Å². The highest BCUT2D eigenvalue weighted by Crippen LogP contribution is 2.24. The van der Waals surface area contributed by atoms with Crippen LogP contribution in [-0.2, 0) is 4.79 Å². The van der Waals surface area contributed by atoms with Gasteiger partial charge in [-0.1, -0.05) is 24.3 Å². The summed E-state index contributed by atoms with van der Waals surface area (Å²) in [7, 11) is 0. The quantitative estimate of drug-likeness (QED) is 0.695. The Balaban J connectivity index is 1.64. The van der Waals surface area contributed by atoms with Crippen molar-refractivity contribution >= 4 is 28.6 Å². The molecule has 128 valence electrons. The standard InChI is InChI=1S/C20H21N3OS/c1-13-7-8-14(2)18(9-13)21-11-20(24)23-17-6-4-5-16(10-17)19-12-25-15(3)22-19/h4-10,12,21H,11H2,1-3H3,(H,23,24). The van der Waals surface area contributed by atoms with Crippen molar-refractivity contribution in [2.75, 3.05) is 17.2 Å². The molecule has 3 rings (SSSR count). The van der Waals surface area contributed by atoms with Gasteiger partial charge in [-0.25, -0.2) is 4.98 Å². The van der Waals surface area contributed by atoms with E-state index in [2.05, 4.69) is 27.8 Å². The highest BCUT2D eigenvalue weighted by molar-refractivity contribution is 7.09. The first-order valence-electron chi connectivity index (χ1n) is 8.15. The number of amides is 1. The number of hydrogen-bond donors (Lipinski definition) is 2. The molecule has 0 bridgehead atoms. The fourth-order valence-corrected chi connectivity index (χ4v) is 3.18. The second-order valence-corrected chi connectivity index (χ2v) is 7.11. The molecule has 0 aliphatic carbocycles. The Morgan fingerprint density at radius 3 is 2.72 bits per heavy atom. The number of carbonyl (C=O) groups excluding carboxylic acids is 1. The Hall–Kier alpha value is -2.66. The van der Waals surface area contributed by atoms with E-state index in [4.69, 9.17) is 0 Å². The molecule has 2 N–H and O–H groups in total. The third-order valence-corrected chi connectivity index (χ3v) is 4.67. The molecule has 1 amide bonds. The van der Waals surface area contributed by atoms with Gasteiger partial charge >= 0.3 is 0 Å². The average molecular weight is 351 g/mol. The van der Waals surface area contributed by atoms with Crippen molar-refractivity contribution in [2.24, 2.45) is 0 Å². The van der Waals surface area contributed by atoms with Crippen LogP contribution in [0.2, 0.25) is 0 Å². The van der Waals surface area contributed by atoms with Crippen molar-refractivity contribution in [3.8, 4) is 11.3 Å². The zero-order chi connectivity index (χ0) is 17.8. The predicted octanol–water partition coefficient (Wildman–Crippen LogP) is 4.79. The molecule has 0 aliphatic rings. The zero-order valence-corrected chi connectivity index (χ0v) is 15.4. The van der Waals surface area contributed by atoms with Crippen LogP contribution < -0.4 is 10.6 Å². The summed E-state index contributed by atoms with van der Waals surface area (Å²) in [4.78, 5) is 16.7. The number of anilines is 2. The number of hydrogen-bond acceptors (Lipinski definition) is 4. The molecule has 0 radical (unpaired) electrons. The number of nitrogens with one attached hydrogen (secondary N) is 2. The molecule has 0 saturated carbocycles. The van der Waals surface area contributed by atoms with Crippen LogP contribution in [0, 0.1) is 20.8 Å². The Kier molecular flexibility index (Phi) is 5.14. The molecule has 1 heterocycles. The first-order chi connectivity index (χ1) is 12.0. The van der Waals surface area contributed by atoms with Gasteiger partial charge in [0.2, 0.25) is 5.91 Å². The van der Waals surface area contributed by atoms with Crippen molar-refractivity contribution in [3.63, 3.8) is 0 Å². The van der Waals surface area contributed by atoms with Gasteiger partial charge in [0.1, 0.15) is 0 Å². The van der Waals surface area contributed by atoms with Gasteiger partial charge in [-0.3, -0.25) is 4.79 Å². The number of aromatic nitrogens is 1. The van der Waals surface area contributed by atoms with Gasteiger partial charge in [0.15, 0.2) is 0 Å². The van der Waals surface area contributed by atoms with Gasteiger partial charge in [0.25, 0.3) is 0 Å². The maximum Gasteiger partial charge on any atom is 0.243 e. The lowest BCUT2D eigenvalue weighted by Gasteiger charge is -2.11. The van der Waals surface area contributed by atoms with Gasteiger partial charge in [0.05, 0.1) is 17.2 Å². The molecule has 0 atom stereocenters. The smallest absolute Gasteiger partial charge is 0.243 e. The SMILES string of the molecule is Cc1ccc(C)c(NCC(=O)Nc2cccc(-c3csc(C)n3)c2)c1. The van der Waals surface area contributed by atoms with Crippen molar-refractivity contribution in [1.82, 2.24) is 4.98 Å². The van der Waals surface area contributed by atoms with E-state index in [0.717, 1.165) is 33.2 Å². The van der Waals surface area contributed by atoms with Crippen molar-refractivity contribution in [2.45, 2.75) is 20.8 Å². The van der Waals surface area contributed by atoms with Gasteiger partial charge < -0.3 is 10.6 Å². The summed E-state index contributed by atoms with van der Waals surface area (Å²) in [5, 5.41) is 9.19. The summed E-state index contributed by atoms with van der Waals surface area (Å²) >= 11 is 1.62. The molecule has 4 nitrogen and oxygen atoms in total. The van der Waals surface area contributed by atoms with Crippen LogP contribution in [0.3, 0.4) is 0 Å². The van der Waals surface area contributed by atoms with Crippen LogP contribution in [-0.4, -0.2) is 17.4 Å². The minimum atomic E-state index is -0.0764. The Bertz CT molecular complexity index is 901. The summed E-state index contributed by atoms with van der Waals surface area (Å²) < 4.78 is 0. The number of carbonyl (C=O) groups is 1. The largest absolute Gasteiger partial charge is 0.376 e. The van der Waals surface area contributed by atoms with E-state index >= 15 is 0 Å². The number of thiazole rings is 1. The molecule has 5 heteroatoms. The Morgan fingerprint density at radius 2 is 1.96 bits per heavy atom. The number of benzene rings is 2. The van der Waals surface area contributed by atoms with Crippen LogP contribution >= 0.6 is 11.3 Å². The first-order valence-corrected chi connectivity index (χ1v) is 9.03. The zero-order valence-electron chi connectivity index (χ0n) is 14.6. The molecule has 2 aromatic carbocycles. The first kappa shape index (κ1) is 17.2. The molecule has 0 spiro atoms. The second-order valence-electron chi connectivity index (χ2n) is 6.05. The van der Waals surface area contributed by atoms with Gasteiger partial charge in [-0.15, -0.1) is 11.3 Å². The molecule has 0 saturated heterocycles. The summed E-state index contributed by atoms with van der Waals surface area (Å²) in [5.41, 5.74) is 5.99. The minimum Gasteiger partial charge on any atom is -0.376 e. The molecule has 3 aromatic rings.